The second-order valence-electron chi connectivity index (χ2n) is 6.85. The molecule has 2 rings (SSSR count). The van der Waals surface area contributed by atoms with Crippen LogP contribution in [0.2, 0.25) is 0 Å². The Kier molecular flexibility index (Phi) is 7.34. The molecule has 3 nitrogen and oxygen atoms in total. The van der Waals surface area contributed by atoms with Gasteiger partial charge in [-0.1, -0.05) is 61.3 Å². The first-order valence-corrected chi connectivity index (χ1v) is 9.48. The Morgan fingerprint density at radius 3 is 1.93 bits per heavy atom. The number of carbonyl (C=O) groups excluding carboxylic acids is 1. The molecule has 0 fully saturated rings. The molecule has 0 saturated heterocycles. The molecule has 2 aromatic carbocycles. The van der Waals surface area contributed by atoms with Crippen LogP contribution in [0, 0.1) is 0 Å². The molecule has 27 heavy (non-hydrogen) atoms. The Labute approximate surface area is 170 Å². The van der Waals surface area contributed by atoms with Gasteiger partial charge in [-0.3, -0.25) is 4.79 Å². The summed E-state index contributed by atoms with van der Waals surface area (Å²) in [5.41, 5.74) is 2.12. The van der Waals surface area contributed by atoms with Crippen LogP contribution in [0.5, 0.6) is 11.5 Å². The molecular formula is C22H24Cl2O3. The van der Waals surface area contributed by atoms with Crippen LogP contribution >= 0.6 is 23.2 Å². The molecule has 2 aromatic rings. The van der Waals surface area contributed by atoms with E-state index in [2.05, 4.69) is 13.8 Å². The van der Waals surface area contributed by atoms with E-state index in [4.69, 9.17) is 32.7 Å². The van der Waals surface area contributed by atoms with E-state index >= 15 is 0 Å². The summed E-state index contributed by atoms with van der Waals surface area (Å²) in [5, 5.41) is 0. The highest BCUT2D eigenvalue weighted by atomic mass is 35.5. The van der Waals surface area contributed by atoms with Gasteiger partial charge in [0, 0.05) is 5.41 Å². The maximum Gasteiger partial charge on any atom is 0.169 e. The first kappa shape index (κ1) is 21.3. The van der Waals surface area contributed by atoms with Crippen LogP contribution in [0.1, 0.15) is 38.8 Å². The fourth-order valence-corrected chi connectivity index (χ4v) is 2.70. The van der Waals surface area contributed by atoms with Crippen molar-refractivity contribution in [3.63, 3.8) is 0 Å². The number of ether oxygens (including phenoxy) is 2. The first-order valence-electron chi connectivity index (χ1n) is 8.72. The van der Waals surface area contributed by atoms with Crippen molar-refractivity contribution < 1.29 is 14.3 Å². The van der Waals surface area contributed by atoms with Crippen LogP contribution < -0.4 is 9.47 Å². The number of benzene rings is 2. The van der Waals surface area contributed by atoms with Crippen LogP contribution in [0.25, 0.3) is 0 Å². The van der Waals surface area contributed by atoms with Gasteiger partial charge < -0.3 is 9.47 Å². The predicted molar refractivity (Wildman–Crippen MR) is 111 cm³/mol. The van der Waals surface area contributed by atoms with Gasteiger partial charge in [0.2, 0.25) is 0 Å². The Balaban J connectivity index is 2.10. The van der Waals surface area contributed by atoms with Gasteiger partial charge in [-0.15, -0.1) is 0 Å². The van der Waals surface area contributed by atoms with Crippen molar-refractivity contribution >= 4 is 29.0 Å². The fraction of sp³-hybridized carbons (Fsp3) is 0.318. The summed E-state index contributed by atoms with van der Waals surface area (Å²) in [6, 6.07) is 15.8. The van der Waals surface area contributed by atoms with Crippen molar-refractivity contribution in [3.8, 4) is 11.5 Å². The van der Waals surface area contributed by atoms with Gasteiger partial charge in [-0.2, -0.15) is 0 Å². The Morgan fingerprint density at radius 2 is 1.48 bits per heavy atom. The maximum absolute atomic E-state index is 11.3. The number of carbonyl (C=O) groups is 1. The average molecular weight is 407 g/mol. The van der Waals surface area contributed by atoms with E-state index in [0.29, 0.717) is 12.4 Å². The normalized spacial score (nSPS) is 12.2. The molecule has 0 saturated carbocycles. The molecule has 0 radical (unpaired) electrons. The van der Waals surface area contributed by atoms with Crippen LogP contribution in [0.15, 0.2) is 59.1 Å². The zero-order valence-corrected chi connectivity index (χ0v) is 17.5. The molecule has 144 valence electrons. The van der Waals surface area contributed by atoms with Gasteiger partial charge in [-0.25, -0.2) is 0 Å². The lowest BCUT2D eigenvalue weighted by Gasteiger charge is -2.26. The van der Waals surface area contributed by atoms with Gasteiger partial charge in [0.1, 0.15) is 22.6 Å². The van der Waals surface area contributed by atoms with E-state index in [1.807, 2.05) is 48.5 Å². The zero-order chi connectivity index (χ0) is 20.0. The van der Waals surface area contributed by atoms with Gasteiger partial charge >= 0.3 is 0 Å². The summed E-state index contributed by atoms with van der Waals surface area (Å²) in [7, 11) is 0. The molecule has 0 heterocycles. The molecule has 0 spiro atoms. The number of rotatable bonds is 8. The third-order valence-electron chi connectivity index (χ3n) is 4.52. The fourth-order valence-electron chi connectivity index (χ4n) is 2.57. The van der Waals surface area contributed by atoms with E-state index in [1.165, 1.54) is 6.92 Å². The summed E-state index contributed by atoms with van der Waals surface area (Å²) in [6.45, 7) is 7.92. The minimum absolute atomic E-state index is 0.00512. The van der Waals surface area contributed by atoms with Gasteiger partial charge in [0.05, 0.1) is 0 Å². The Morgan fingerprint density at radius 1 is 1.00 bits per heavy atom. The minimum Gasteiger partial charge on any atom is -0.489 e. The molecule has 1 atom stereocenters. The predicted octanol–water partition coefficient (Wildman–Crippen LogP) is 6.07. The average Bonchev–Trinajstić information content (AvgIpc) is 2.62. The van der Waals surface area contributed by atoms with E-state index in [-0.39, 0.29) is 15.7 Å². The summed E-state index contributed by atoms with van der Waals surface area (Å²) < 4.78 is 11.4. The van der Waals surface area contributed by atoms with Crippen molar-refractivity contribution in [2.24, 2.45) is 0 Å². The van der Waals surface area contributed by atoms with Crippen molar-refractivity contribution in [1.29, 1.82) is 0 Å². The molecule has 5 heteroatoms. The largest absolute Gasteiger partial charge is 0.489 e. The summed E-state index contributed by atoms with van der Waals surface area (Å²) in [6.07, 6.45) is 1.15. The SMILES string of the molecule is CC(=O)C(C)Oc1ccc(C(C)(C)c2ccc(OCC=C(Cl)Cl)cc2)cc1. The molecule has 0 bridgehead atoms. The molecule has 0 N–H and O–H groups in total. The third-order valence-corrected chi connectivity index (χ3v) is 4.83. The highest BCUT2D eigenvalue weighted by Gasteiger charge is 2.23. The zero-order valence-electron chi connectivity index (χ0n) is 16.0. The third kappa shape index (κ3) is 6.02. The Hall–Kier alpha value is -1.97. The lowest BCUT2D eigenvalue weighted by molar-refractivity contribution is -0.122. The van der Waals surface area contributed by atoms with Gasteiger partial charge in [0.15, 0.2) is 11.9 Å². The molecule has 0 aliphatic heterocycles. The number of halogens is 2. The second-order valence-corrected chi connectivity index (χ2v) is 7.86. The maximum atomic E-state index is 11.3. The van der Waals surface area contributed by atoms with Crippen LogP contribution in [-0.2, 0) is 10.2 Å². The standard InChI is InChI=1S/C22H24Cl2O3/c1-15(25)16(2)27-20-11-7-18(8-12-20)22(3,4)17-5-9-19(10-6-17)26-14-13-21(23)24/h5-13,16H,14H2,1-4H3. The lowest BCUT2D eigenvalue weighted by Crippen LogP contribution is -2.21. The smallest absolute Gasteiger partial charge is 0.169 e. The van der Waals surface area contributed by atoms with E-state index in [1.54, 1.807) is 13.0 Å². The molecule has 0 amide bonds. The van der Waals surface area contributed by atoms with E-state index in [0.717, 1.165) is 16.9 Å². The van der Waals surface area contributed by atoms with Crippen LogP contribution in [-0.4, -0.2) is 18.5 Å². The number of hydrogen-bond acceptors (Lipinski definition) is 3. The molecular weight excluding hydrogens is 383 g/mol. The van der Waals surface area contributed by atoms with Gasteiger partial charge in [0.25, 0.3) is 0 Å². The summed E-state index contributed by atoms with van der Waals surface area (Å²) in [4.78, 5) is 11.3. The van der Waals surface area contributed by atoms with Crippen molar-refractivity contribution in [2.75, 3.05) is 6.61 Å². The van der Waals surface area contributed by atoms with E-state index < -0.39 is 6.10 Å². The quantitative estimate of drug-likeness (QED) is 0.533. The van der Waals surface area contributed by atoms with Crippen molar-refractivity contribution in [1.82, 2.24) is 0 Å². The second kappa shape index (κ2) is 9.29. The highest BCUT2D eigenvalue weighted by molar-refractivity contribution is 6.55. The molecule has 0 aliphatic rings. The molecule has 0 aromatic heterocycles. The van der Waals surface area contributed by atoms with Crippen molar-refractivity contribution in [3.05, 3.63) is 70.2 Å². The van der Waals surface area contributed by atoms with Crippen molar-refractivity contribution in [2.45, 2.75) is 39.2 Å². The first-order chi connectivity index (χ1) is 12.7. The number of ketones is 1. The monoisotopic (exact) mass is 406 g/mol. The number of Topliss-reactive ketones (excluding diaryl/α,β-unsaturated/α-hetero) is 1. The van der Waals surface area contributed by atoms with Crippen LogP contribution in [0.4, 0.5) is 0 Å². The molecule has 1 unspecified atom stereocenters. The number of hydrogen-bond donors (Lipinski definition) is 0. The van der Waals surface area contributed by atoms with Crippen LogP contribution in [0.3, 0.4) is 0 Å². The topological polar surface area (TPSA) is 35.5 Å². The highest BCUT2D eigenvalue weighted by Crippen LogP contribution is 2.33. The Bertz CT molecular complexity index is 789. The summed E-state index contributed by atoms with van der Waals surface area (Å²) >= 11 is 11.1. The van der Waals surface area contributed by atoms with E-state index in [9.17, 15) is 4.79 Å². The summed E-state index contributed by atoms with van der Waals surface area (Å²) in [5.74, 6) is 1.44. The van der Waals surface area contributed by atoms with Gasteiger partial charge in [-0.05, 0) is 55.3 Å². The molecule has 0 aliphatic carbocycles. The minimum atomic E-state index is -0.445. The lowest BCUT2D eigenvalue weighted by atomic mass is 9.78.